The van der Waals surface area contributed by atoms with E-state index in [9.17, 15) is 9.59 Å². The van der Waals surface area contributed by atoms with Crippen molar-refractivity contribution in [2.45, 2.75) is 76.8 Å². The molecule has 0 aliphatic heterocycles. The van der Waals surface area contributed by atoms with Gasteiger partial charge < -0.3 is 20.4 Å². The molecule has 0 aromatic carbocycles. The number of hydrogen-bond donors (Lipinski definition) is 3. The Bertz CT molecular complexity index is 510. The summed E-state index contributed by atoms with van der Waals surface area (Å²) < 4.78 is 5.29. The zero-order valence-corrected chi connectivity index (χ0v) is 15.2. The zero-order chi connectivity index (χ0) is 17.9. The van der Waals surface area contributed by atoms with E-state index in [2.05, 4.69) is 16.0 Å². The van der Waals surface area contributed by atoms with Crippen molar-refractivity contribution < 1.29 is 14.0 Å². The normalized spacial score (nSPS) is 16.2. The third-order valence-electron chi connectivity index (χ3n) is 4.62. The lowest BCUT2D eigenvalue weighted by molar-refractivity contribution is -0.121. The smallest absolute Gasteiger partial charge is 0.315 e. The minimum absolute atomic E-state index is 0.0291. The van der Waals surface area contributed by atoms with Gasteiger partial charge in [-0.05, 0) is 44.7 Å². The number of nitrogens with one attached hydrogen (secondary N) is 3. The Morgan fingerprint density at radius 2 is 2.08 bits per heavy atom. The van der Waals surface area contributed by atoms with Crippen LogP contribution in [0.3, 0.4) is 0 Å². The maximum atomic E-state index is 11.9. The van der Waals surface area contributed by atoms with E-state index < -0.39 is 0 Å². The lowest BCUT2D eigenvalue weighted by Crippen LogP contribution is -2.43. The predicted octanol–water partition coefficient (Wildman–Crippen LogP) is 3.13. The zero-order valence-electron chi connectivity index (χ0n) is 15.2. The van der Waals surface area contributed by atoms with Crippen molar-refractivity contribution in [2.75, 3.05) is 6.54 Å². The molecule has 1 unspecified atom stereocenters. The summed E-state index contributed by atoms with van der Waals surface area (Å²) in [5, 5.41) is 8.84. The minimum atomic E-state index is -0.112. The second kappa shape index (κ2) is 10.8. The van der Waals surface area contributed by atoms with Gasteiger partial charge in [-0.25, -0.2) is 4.79 Å². The summed E-state index contributed by atoms with van der Waals surface area (Å²) in [6, 6.07) is 4.13. The highest BCUT2D eigenvalue weighted by atomic mass is 16.3. The average molecular weight is 349 g/mol. The van der Waals surface area contributed by atoms with Crippen LogP contribution in [-0.2, 0) is 11.2 Å². The summed E-state index contributed by atoms with van der Waals surface area (Å²) in [7, 11) is 0. The van der Waals surface area contributed by atoms with Gasteiger partial charge in [0.1, 0.15) is 5.76 Å². The highest BCUT2D eigenvalue weighted by Gasteiger charge is 2.15. The molecule has 1 aromatic rings. The molecule has 0 spiro atoms. The summed E-state index contributed by atoms with van der Waals surface area (Å²) in [5.41, 5.74) is 0. The van der Waals surface area contributed by atoms with Gasteiger partial charge in [0.2, 0.25) is 5.91 Å². The van der Waals surface area contributed by atoms with Crippen LogP contribution in [0.2, 0.25) is 0 Å². The number of furan rings is 1. The number of carbonyl (C=O) groups excluding carboxylic acids is 2. The van der Waals surface area contributed by atoms with Crippen molar-refractivity contribution in [1.29, 1.82) is 0 Å². The van der Waals surface area contributed by atoms with Crippen molar-refractivity contribution in [3.63, 3.8) is 0 Å². The van der Waals surface area contributed by atoms with Gasteiger partial charge in [-0.15, -0.1) is 0 Å². The van der Waals surface area contributed by atoms with E-state index in [1.54, 1.807) is 6.26 Å². The van der Waals surface area contributed by atoms with E-state index in [1.807, 2.05) is 19.1 Å². The third-order valence-corrected chi connectivity index (χ3v) is 4.62. The Hall–Kier alpha value is -1.98. The summed E-state index contributed by atoms with van der Waals surface area (Å²) >= 11 is 0. The molecule has 1 saturated carbocycles. The first-order chi connectivity index (χ1) is 12.1. The van der Waals surface area contributed by atoms with E-state index in [1.165, 1.54) is 19.3 Å². The maximum Gasteiger partial charge on any atom is 0.315 e. The quantitative estimate of drug-likeness (QED) is 0.599. The van der Waals surface area contributed by atoms with E-state index in [0.29, 0.717) is 25.4 Å². The van der Waals surface area contributed by atoms with Gasteiger partial charge in [0, 0.05) is 31.5 Å². The molecule has 1 atom stereocenters. The largest absolute Gasteiger partial charge is 0.469 e. The predicted molar refractivity (Wildman–Crippen MR) is 97.3 cm³/mol. The fourth-order valence-corrected chi connectivity index (χ4v) is 3.17. The van der Waals surface area contributed by atoms with E-state index in [-0.39, 0.29) is 18.0 Å². The summed E-state index contributed by atoms with van der Waals surface area (Å²) in [6.07, 6.45) is 10.2. The Labute approximate surface area is 150 Å². The first-order valence-corrected chi connectivity index (χ1v) is 9.49. The van der Waals surface area contributed by atoms with Gasteiger partial charge in [0.15, 0.2) is 0 Å². The SMILES string of the molecule is CC(CCc1ccco1)NC(=O)CCCNC(=O)NC1CCCCC1. The van der Waals surface area contributed by atoms with Crippen molar-refractivity contribution in [1.82, 2.24) is 16.0 Å². The molecule has 1 fully saturated rings. The van der Waals surface area contributed by atoms with E-state index in [4.69, 9.17) is 4.42 Å². The maximum absolute atomic E-state index is 11.9. The van der Waals surface area contributed by atoms with Gasteiger partial charge >= 0.3 is 6.03 Å². The number of urea groups is 1. The molecule has 6 heteroatoms. The minimum Gasteiger partial charge on any atom is -0.469 e. The molecular weight excluding hydrogens is 318 g/mol. The second-order valence-electron chi connectivity index (χ2n) is 6.93. The first-order valence-electron chi connectivity index (χ1n) is 9.49. The molecule has 140 valence electrons. The molecular formula is C19H31N3O3. The number of amides is 3. The molecule has 3 N–H and O–H groups in total. The Morgan fingerprint density at radius 3 is 2.80 bits per heavy atom. The molecule has 6 nitrogen and oxygen atoms in total. The molecule has 1 aliphatic rings. The van der Waals surface area contributed by atoms with Crippen LogP contribution in [0.4, 0.5) is 4.79 Å². The van der Waals surface area contributed by atoms with Crippen molar-refractivity contribution >= 4 is 11.9 Å². The molecule has 25 heavy (non-hydrogen) atoms. The average Bonchev–Trinajstić information content (AvgIpc) is 3.11. The highest BCUT2D eigenvalue weighted by Crippen LogP contribution is 2.17. The van der Waals surface area contributed by atoms with Gasteiger partial charge in [0.05, 0.1) is 6.26 Å². The van der Waals surface area contributed by atoms with Crippen LogP contribution in [0, 0.1) is 0 Å². The van der Waals surface area contributed by atoms with Crippen molar-refractivity contribution in [2.24, 2.45) is 0 Å². The van der Waals surface area contributed by atoms with Crippen LogP contribution in [-0.4, -0.2) is 30.6 Å². The van der Waals surface area contributed by atoms with Crippen LogP contribution in [0.1, 0.15) is 64.1 Å². The first kappa shape index (κ1) is 19.3. The topological polar surface area (TPSA) is 83.4 Å². The summed E-state index contributed by atoms with van der Waals surface area (Å²) in [5.74, 6) is 0.968. The number of aryl methyl sites for hydroxylation is 1. The Morgan fingerprint density at radius 1 is 1.28 bits per heavy atom. The van der Waals surface area contributed by atoms with Gasteiger partial charge in [-0.1, -0.05) is 19.3 Å². The number of rotatable bonds is 9. The van der Waals surface area contributed by atoms with Crippen molar-refractivity contribution in [3.8, 4) is 0 Å². The molecule has 2 rings (SSSR count). The Kier molecular flexibility index (Phi) is 8.35. The molecule has 1 heterocycles. The lowest BCUT2D eigenvalue weighted by Gasteiger charge is -2.22. The fraction of sp³-hybridized carbons (Fsp3) is 0.684. The fourth-order valence-electron chi connectivity index (χ4n) is 3.17. The number of hydrogen-bond acceptors (Lipinski definition) is 3. The second-order valence-corrected chi connectivity index (χ2v) is 6.93. The number of carbonyl (C=O) groups is 2. The molecule has 1 aromatic heterocycles. The van der Waals surface area contributed by atoms with E-state index in [0.717, 1.165) is 31.4 Å². The van der Waals surface area contributed by atoms with Crippen LogP contribution in [0.25, 0.3) is 0 Å². The molecule has 1 aliphatic carbocycles. The van der Waals surface area contributed by atoms with Crippen LogP contribution >= 0.6 is 0 Å². The molecule has 3 amide bonds. The molecule has 0 bridgehead atoms. The monoisotopic (exact) mass is 349 g/mol. The standard InChI is InChI=1S/C19H31N3O3/c1-15(11-12-17-9-6-14-25-17)21-18(23)10-5-13-20-19(24)22-16-7-3-2-4-8-16/h6,9,14-16H,2-5,7-8,10-13H2,1H3,(H,21,23)(H2,20,22,24). The molecule has 0 radical (unpaired) electrons. The van der Waals surface area contributed by atoms with Crippen LogP contribution in [0.5, 0.6) is 0 Å². The lowest BCUT2D eigenvalue weighted by atomic mass is 9.96. The van der Waals surface area contributed by atoms with Gasteiger partial charge in [-0.2, -0.15) is 0 Å². The van der Waals surface area contributed by atoms with Crippen LogP contribution < -0.4 is 16.0 Å². The van der Waals surface area contributed by atoms with Gasteiger partial charge in [-0.3, -0.25) is 4.79 Å². The van der Waals surface area contributed by atoms with Crippen molar-refractivity contribution in [3.05, 3.63) is 24.2 Å². The van der Waals surface area contributed by atoms with Crippen LogP contribution in [0.15, 0.2) is 22.8 Å². The highest BCUT2D eigenvalue weighted by molar-refractivity contribution is 5.76. The summed E-state index contributed by atoms with van der Waals surface area (Å²) in [6.45, 7) is 2.52. The van der Waals surface area contributed by atoms with Gasteiger partial charge in [0.25, 0.3) is 0 Å². The van der Waals surface area contributed by atoms with E-state index >= 15 is 0 Å². The molecule has 0 saturated heterocycles. The summed E-state index contributed by atoms with van der Waals surface area (Å²) in [4.78, 5) is 23.7. The Balaban J connectivity index is 1.49. The third kappa shape index (κ3) is 8.09.